The van der Waals surface area contributed by atoms with Crippen LogP contribution in [0, 0.1) is 0 Å². The molecular weight excluding hydrogens is 635 g/mol. The molecule has 0 amide bonds. The summed E-state index contributed by atoms with van der Waals surface area (Å²) in [6, 6.07) is 34.1. The Balaban J connectivity index is 1.26. The standard InChI is InChI=1S/C49H49NO2/c1-46(2,3)30-15-19-41-34(25-30)35-26-31(47(4,5)6)16-20-42(35)50(41)32-17-18-37-38(27-32)49(23-11-12-24-49)40-29-44-36(28-39(40)48(37)21-9-10-22-48)45(51)33-13-7-8-14-43(33)52-44/h7-8,13-20,25-29H,9-12,21-24H2,1-6H3. The Labute approximate surface area is 306 Å². The zero-order valence-electron chi connectivity index (χ0n) is 31.6. The van der Waals surface area contributed by atoms with Crippen LogP contribution in [0.3, 0.4) is 0 Å². The smallest absolute Gasteiger partial charge is 0.200 e. The van der Waals surface area contributed by atoms with Gasteiger partial charge in [0, 0.05) is 27.3 Å². The maximum Gasteiger partial charge on any atom is 0.200 e. The molecule has 0 unspecified atom stereocenters. The van der Waals surface area contributed by atoms with Crippen LogP contribution in [0.2, 0.25) is 0 Å². The zero-order chi connectivity index (χ0) is 35.8. The molecule has 0 aliphatic heterocycles. The van der Waals surface area contributed by atoms with Gasteiger partial charge in [0.05, 0.1) is 21.8 Å². The summed E-state index contributed by atoms with van der Waals surface area (Å²) in [6.07, 6.45) is 9.29. The fourth-order valence-electron chi connectivity index (χ4n) is 10.7. The molecule has 7 aromatic rings. The number of aromatic nitrogens is 1. The minimum Gasteiger partial charge on any atom is -0.456 e. The number of rotatable bonds is 1. The van der Waals surface area contributed by atoms with Crippen LogP contribution in [0.25, 0.3) is 49.4 Å². The quantitative estimate of drug-likeness (QED) is 0.161. The van der Waals surface area contributed by atoms with Gasteiger partial charge in [-0.05, 0) is 131 Å². The van der Waals surface area contributed by atoms with Crippen molar-refractivity contribution in [1.29, 1.82) is 0 Å². The van der Waals surface area contributed by atoms with Gasteiger partial charge in [-0.25, -0.2) is 0 Å². The molecule has 2 aromatic heterocycles. The summed E-state index contributed by atoms with van der Waals surface area (Å²) >= 11 is 0. The summed E-state index contributed by atoms with van der Waals surface area (Å²) in [6.45, 7) is 13.9. The maximum atomic E-state index is 14.0. The second kappa shape index (κ2) is 10.7. The summed E-state index contributed by atoms with van der Waals surface area (Å²) in [7, 11) is 0. The first kappa shape index (κ1) is 32.1. The van der Waals surface area contributed by atoms with Crippen LogP contribution in [0.4, 0.5) is 0 Å². The van der Waals surface area contributed by atoms with E-state index in [1.807, 2.05) is 24.3 Å². The molecule has 3 nitrogen and oxygen atoms in total. The normalized spacial score (nSPS) is 18.0. The molecule has 262 valence electrons. The molecule has 0 saturated heterocycles. The molecule has 2 saturated carbocycles. The molecule has 3 aliphatic carbocycles. The predicted octanol–water partition coefficient (Wildman–Crippen LogP) is 12.7. The van der Waals surface area contributed by atoms with Crippen LogP contribution in [-0.4, -0.2) is 4.57 Å². The largest absolute Gasteiger partial charge is 0.456 e. The van der Waals surface area contributed by atoms with Crippen LogP contribution in [0.1, 0.15) is 126 Å². The van der Waals surface area contributed by atoms with Crippen molar-refractivity contribution in [2.24, 2.45) is 0 Å². The van der Waals surface area contributed by atoms with E-state index in [4.69, 9.17) is 4.42 Å². The van der Waals surface area contributed by atoms with Crippen molar-refractivity contribution < 1.29 is 4.42 Å². The molecule has 3 heteroatoms. The third-order valence-corrected chi connectivity index (χ3v) is 13.5. The SMILES string of the molecule is CC(C)(C)c1ccc2c(c1)c1cc(C(C)(C)C)ccc1n2-c1ccc2c(c1)C1(CCCC1)c1cc3oc4ccccc4c(=O)c3cc1C21CCCC1. The van der Waals surface area contributed by atoms with Crippen LogP contribution in [0.15, 0.2) is 100 Å². The van der Waals surface area contributed by atoms with E-state index in [1.54, 1.807) is 0 Å². The van der Waals surface area contributed by atoms with Gasteiger partial charge < -0.3 is 8.98 Å². The molecule has 2 heterocycles. The van der Waals surface area contributed by atoms with Crippen molar-refractivity contribution in [2.75, 3.05) is 0 Å². The predicted molar refractivity (Wildman–Crippen MR) is 217 cm³/mol. The Morgan fingerprint density at radius 3 is 1.65 bits per heavy atom. The Hall–Kier alpha value is -4.63. The van der Waals surface area contributed by atoms with E-state index in [9.17, 15) is 4.79 Å². The molecule has 2 fully saturated rings. The zero-order valence-corrected chi connectivity index (χ0v) is 31.6. The van der Waals surface area contributed by atoms with Gasteiger partial charge in [-0.1, -0.05) is 97.6 Å². The molecule has 10 rings (SSSR count). The Morgan fingerprint density at radius 1 is 0.519 bits per heavy atom. The van der Waals surface area contributed by atoms with Crippen molar-refractivity contribution in [1.82, 2.24) is 4.57 Å². The summed E-state index contributed by atoms with van der Waals surface area (Å²) < 4.78 is 9.11. The first-order chi connectivity index (χ1) is 24.9. The molecule has 0 N–H and O–H groups in total. The molecule has 2 spiro atoms. The first-order valence-corrected chi connectivity index (χ1v) is 19.6. The van der Waals surface area contributed by atoms with E-state index in [0.717, 1.165) is 36.7 Å². The summed E-state index contributed by atoms with van der Waals surface area (Å²) in [5.41, 5.74) is 13.7. The third kappa shape index (κ3) is 4.35. The average Bonchev–Trinajstić information content (AvgIpc) is 3.88. The lowest BCUT2D eigenvalue weighted by Gasteiger charge is -2.47. The van der Waals surface area contributed by atoms with E-state index >= 15 is 0 Å². The number of hydrogen-bond acceptors (Lipinski definition) is 2. The lowest BCUT2D eigenvalue weighted by atomic mass is 9.56. The molecule has 5 aromatic carbocycles. The van der Waals surface area contributed by atoms with E-state index < -0.39 is 0 Å². The number of para-hydroxylation sites is 1. The van der Waals surface area contributed by atoms with Gasteiger partial charge in [-0.15, -0.1) is 0 Å². The highest BCUT2D eigenvalue weighted by Gasteiger charge is 2.52. The fraction of sp³-hybridized carbons (Fsp3) is 0.367. The third-order valence-electron chi connectivity index (χ3n) is 13.5. The topological polar surface area (TPSA) is 35.1 Å². The molecule has 52 heavy (non-hydrogen) atoms. The Bertz CT molecular complexity index is 2600. The maximum absolute atomic E-state index is 14.0. The van der Waals surface area contributed by atoms with Crippen LogP contribution in [0.5, 0.6) is 0 Å². The lowest BCUT2D eigenvalue weighted by molar-refractivity contribution is 0.433. The van der Waals surface area contributed by atoms with E-state index in [-0.39, 0.29) is 27.1 Å². The first-order valence-electron chi connectivity index (χ1n) is 19.6. The number of hydrogen-bond donors (Lipinski definition) is 0. The van der Waals surface area contributed by atoms with Crippen molar-refractivity contribution >= 4 is 43.7 Å². The van der Waals surface area contributed by atoms with Gasteiger partial charge in [-0.2, -0.15) is 0 Å². The van der Waals surface area contributed by atoms with Gasteiger partial charge in [0.25, 0.3) is 0 Å². The second-order valence-electron chi connectivity index (χ2n) is 18.4. The number of fused-ring (bicyclic) bond motifs is 11. The number of nitrogens with zero attached hydrogens (tertiary/aromatic N) is 1. The molecule has 3 aliphatic rings. The fourth-order valence-corrected chi connectivity index (χ4v) is 10.7. The van der Waals surface area contributed by atoms with Crippen LogP contribution >= 0.6 is 0 Å². The summed E-state index contributed by atoms with van der Waals surface area (Å²) in [5, 5.41) is 4.05. The van der Waals surface area contributed by atoms with E-state index in [0.29, 0.717) is 11.0 Å². The molecule has 0 atom stereocenters. The van der Waals surface area contributed by atoms with E-state index in [1.165, 1.54) is 86.6 Å². The van der Waals surface area contributed by atoms with Crippen LogP contribution in [-0.2, 0) is 21.7 Å². The monoisotopic (exact) mass is 683 g/mol. The Kier molecular flexibility index (Phi) is 6.61. The van der Waals surface area contributed by atoms with Gasteiger partial charge in [0.15, 0.2) is 0 Å². The lowest BCUT2D eigenvalue weighted by Crippen LogP contribution is -2.40. The molecular formula is C49H49NO2. The van der Waals surface area contributed by atoms with Gasteiger partial charge >= 0.3 is 0 Å². The average molecular weight is 684 g/mol. The minimum absolute atomic E-state index is 0.0590. The molecule has 0 bridgehead atoms. The highest BCUT2D eigenvalue weighted by atomic mass is 16.3. The second-order valence-corrected chi connectivity index (χ2v) is 18.4. The van der Waals surface area contributed by atoms with Gasteiger partial charge in [-0.3, -0.25) is 4.79 Å². The highest BCUT2D eigenvalue weighted by molar-refractivity contribution is 6.10. The molecule has 0 radical (unpaired) electrons. The Morgan fingerprint density at radius 2 is 1.06 bits per heavy atom. The van der Waals surface area contributed by atoms with E-state index in [2.05, 4.69) is 113 Å². The van der Waals surface area contributed by atoms with Crippen molar-refractivity contribution in [2.45, 2.75) is 115 Å². The summed E-state index contributed by atoms with van der Waals surface area (Å²) in [5.74, 6) is 0. The van der Waals surface area contributed by atoms with Crippen molar-refractivity contribution in [3.8, 4) is 5.69 Å². The van der Waals surface area contributed by atoms with Crippen molar-refractivity contribution in [3.05, 3.63) is 135 Å². The number of benzene rings is 5. The van der Waals surface area contributed by atoms with Gasteiger partial charge in [0.2, 0.25) is 5.43 Å². The highest BCUT2D eigenvalue weighted by Crippen LogP contribution is 2.61. The van der Waals surface area contributed by atoms with Crippen molar-refractivity contribution in [3.63, 3.8) is 0 Å². The van der Waals surface area contributed by atoms with Crippen LogP contribution < -0.4 is 5.43 Å². The summed E-state index contributed by atoms with van der Waals surface area (Å²) in [4.78, 5) is 14.0. The van der Waals surface area contributed by atoms with Gasteiger partial charge in [0.1, 0.15) is 11.2 Å². The minimum atomic E-state index is -0.107.